The fourth-order valence-electron chi connectivity index (χ4n) is 2.30. The van der Waals surface area contributed by atoms with Crippen molar-refractivity contribution < 1.29 is 26.5 Å². The van der Waals surface area contributed by atoms with E-state index in [1.54, 1.807) is 19.1 Å². The summed E-state index contributed by atoms with van der Waals surface area (Å²) in [6.07, 6.45) is -3.25. The summed E-state index contributed by atoms with van der Waals surface area (Å²) in [6.45, 7) is -5.96. The van der Waals surface area contributed by atoms with Gasteiger partial charge in [0, 0.05) is 32.3 Å². The second kappa shape index (κ2) is 8.19. The van der Waals surface area contributed by atoms with Gasteiger partial charge in [0.2, 0.25) is 11.9 Å². The highest BCUT2D eigenvalue weighted by Crippen LogP contribution is 2.29. The molecule has 0 saturated carbocycles. The smallest absolute Gasteiger partial charge is 0.389 e. The van der Waals surface area contributed by atoms with Gasteiger partial charge in [-0.2, -0.15) is 28.1 Å². The lowest BCUT2D eigenvalue weighted by Crippen LogP contribution is -2.30. The number of anilines is 3. The zero-order chi connectivity index (χ0) is 26.9. The largest absolute Gasteiger partial charge is 0.433 e. The molecular formula is C19H20F3N7O. The van der Waals surface area contributed by atoms with Gasteiger partial charge in [0.25, 0.3) is 0 Å². The number of alkyl halides is 3. The van der Waals surface area contributed by atoms with Crippen LogP contribution in [0.4, 0.5) is 30.8 Å². The van der Waals surface area contributed by atoms with Crippen LogP contribution in [0.3, 0.4) is 0 Å². The molecule has 3 aromatic heterocycles. The Labute approximate surface area is 179 Å². The minimum Gasteiger partial charge on any atom is -0.389 e. The predicted molar refractivity (Wildman–Crippen MR) is 105 cm³/mol. The fourth-order valence-corrected chi connectivity index (χ4v) is 2.30. The molecule has 0 unspecified atom stereocenters. The van der Waals surface area contributed by atoms with E-state index in [0.29, 0.717) is 11.4 Å². The molecule has 3 aromatic rings. The second-order valence-electron chi connectivity index (χ2n) is 6.24. The molecule has 8 nitrogen and oxygen atoms in total. The minimum atomic E-state index is -4.74. The lowest BCUT2D eigenvalue weighted by Gasteiger charge is -2.18. The molecule has 0 aromatic carbocycles. The molecule has 0 atom stereocenters. The minimum absolute atomic E-state index is 0.182. The van der Waals surface area contributed by atoms with Crippen LogP contribution in [0.25, 0.3) is 11.5 Å². The Morgan fingerprint density at radius 1 is 1.07 bits per heavy atom. The van der Waals surface area contributed by atoms with E-state index in [2.05, 4.69) is 35.6 Å². The van der Waals surface area contributed by atoms with Crippen LogP contribution in [0.2, 0.25) is 0 Å². The second-order valence-corrected chi connectivity index (χ2v) is 6.24. The van der Waals surface area contributed by atoms with Crippen LogP contribution in [-0.4, -0.2) is 42.2 Å². The van der Waals surface area contributed by atoms with Gasteiger partial charge in [0.05, 0.1) is 5.60 Å². The maximum absolute atomic E-state index is 13.2. The summed E-state index contributed by atoms with van der Waals surface area (Å²) in [5.41, 5.74) is -3.58. The number of aryl methyl sites for hydroxylation is 1. The number of aliphatic hydroxyl groups is 1. The average Bonchev–Trinajstić information content (AvgIpc) is 2.75. The van der Waals surface area contributed by atoms with E-state index in [9.17, 15) is 18.3 Å². The number of nitrogens with one attached hydrogen (secondary N) is 2. The quantitative estimate of drug-likeness (QED) is 0.550. The van der Waals surface area contributed by atoms with Crippen LogP contribution >= 0.6 is 0 Å². The number of pyridine rings is 2. The normalized spacial score (nSPS) is 15.8. The monoisotopic (exact) mass is 425 g/mol. The first-order chi connectivity index (χ1) is 16.5. The Bertz CT molecular complexity index is 1220. The highest BCUT2D eigenvalue weighted by atomic mass is 19.4. The van der Waals surface area contributed by atoms with E-state index in [-0.39, 0.29) is 17.5 Å². The van der Waals surface area contributed by atoms with Crippen LogP contribution in [0.15, 0.2) is 36.5 Å². The van der Waals surface area contributed by atoms with Gasteiger partial charge in [-0.3, -0.25) is 4.98 Å². The first kappa shape index (κ1) is 14.6. The van der Waals surface area contributed by atoms with Crippen LogP contribution in [-0.2, 0) is 6.18 Å². The Morgan fingerprint density at radius 3 is 2.53 bits per heavy atom. The Hall–Kier alpha value is -3.34. The molecule has 158 valence electrons. The van der Waals surface area contributed by atoms with Crippen LogP contribution in [0, 0.1) is 6.92 Å². The van der Waals surface area contributed by atoms with E-state index >= 15 is 0 Å². The summed E-state index contributed by atoms with van der Waals surface area (Å²) in [6, 6.07) is 6.27. The average molecular weight is 425 g/mol. The summed E-state index contributed by atoms with van der Waals surface area (Å²) >= 11 is 0. The predicted octanol–water partition coefficient (Wildman–Crippen LogP) is 3.58. The Morgan fingerprint density at radius 2 is 1.83 bits per heavy atom. The maximum atomic E-state index is 13.2. The van der Waals surface area contributed by atoms with Gasteiger partial charge < -0.3 is 15.7 Å². The third-order valence-corrected chi connectivity index (χ3v) is 3.56. The lowest BCUT2D eigenvalue weighted by molar-refractivity contribution is -0.141. The van der Waals surface area contributed by atoms with Gasteiger partial charge >= 0.3 is 6.18 Å². The van der Waals surface area contributed by atoms with E-state index in [1.165, 1.54) is 12.3 Å². The highest BCUT2D eigenvalue weighted by Gasteiger charge is 2.32. The molecule has 0 aliphatic rings. The van der Waals surface area contributed by atoms with Crippen molar-refractivity contribution in [1.29, 1.82) is 0 Å². The highest BCUT2D eigenvalue weighted by molar-refractivity contribution is 5.59. The number of halogens is 3. The molecule has 3 heterocycles. The van der Waals surface area contributed by atoms with Crippen molar-refractivity contribution in [1.82, 2.24) is 24.9 Å². The number of hydrogen-bond donors (Lipinski definition) is 3. The van der Waals surface area contributed by atoms with E-state index in [1.807, 2.05) is 0 Å². The summed E-state index contributed by atoms with van der Waals surface area (Å²) in [5, 5.41) is 15.7. The zero-order valence-electron chi connectivity index (χ0n) is 21.5. The standard InChI is InChI=1S/C19H20F3N7O/c1-11-9-12(7-8-23-11)25-17-28-15(27-16(29-17)24-10-18(2,3)30)13-5-4-6-14(26-13)19(20,21)22/h4-9,30H,10H2,1-3H3,(H2,23,24,25,27,28,29)/i2D3,3D3. The molecule has 0 amide bonds. The van der Waals surface area contributed by atoms with Crippen LogP contribution in [0.5, 0.6) is 0 Å². The van der Waals surface area contributed by atoms with Crippen LogP contribution in [0.1, 0.15) is 33.3 Å². The van der Waals surface area contributed by atoms with Gasteiger partial charge in [-0.1, -0.05) is 6.07 Å². The first-order valence-corrected chi connectivity index (χ1v) is 8.46. The Balaban J connectivity index is 2.05. The number of rotatable bonds is 6. The van der Waals surface area contributed by atoms with E-state index < -0.39 is 43.7 Å². The van der Waals surface area contributed by atoms with Crippen molar-refractivity contribution in [2.24, 2.45) is 0 Å². The number of aromatic nitrogens is 5. The van der Waals surface area contributed by atoms with Crippen molar-refractivity contribution in [3.8, 4) is 11.5 Å². The third kappa shape index (κ3) is 5.83. The van der Waals surface area contributed by atoms with Crippen molar-refractivity contribution >= 4 is 17.6 Å². The van der Waals surface area contributed by atoms with Crippen LogP contribution < -0.4 is 10.6 Å². The summed E-state index contributed by atoms with van der Waals surface area (Å²) in [7, 11) is 0. The van der Waals surface area contributed by atoms with E-state index in [0.717, 1.165) is 12.1 Å². The van der Waals surface area contributed by atoms with Gasteiger partial charge in [-0.15, -0.1) is 0 Å². The van der Waals surface area contributed by atoms with Gasteiger partial charge in [-0.25, -0.2) is 4.98 Å². The molecule has 0 fully saturated rings. The molecule has 0 radical (unpaired) electrons. The molecule has 0 aliphatic heterocycles. The summed E-state index contributed by atoms with van der Waals surface area (Å²) < 4.78 is 84.3. The zero-order valence-corrected chi connectivity index (χ0v) is 15.5. The molecular weight excluding hydrogens is 399 g/mol. The molecule has 0 aliphatic carbocycles. The molecule has 3 rings (SSSR count). The van der Waals surface area contributed by atoms with Crippen molar-refractivity contribution in [2.75, 3.05) is 17.2 Å². The maximum Gasteiger partial charge on any atom is 0.433 e. The van der Waals surface area contributed by atoms with E-state index in [4.69, 9.17) is 8.22 Å². The van der Waals surface area contributed by atoms with Crippen molar-refractivity contribution in [3.63, 3.8) is 0 Å². The summed E-state index contributed by atoms with van der Waals surface area (Å²) in [5.74, 6) is -0.934. The topological polar surface area (TPSA) is 109 Å². The number of hydrogen-bond acceptors (Lipinski definition) is 8. The number of nitrogens with zero attached hydrogens (tertiary/aromatic N) is 5. The lowest BCUT2D eigenvalue weighted by atomic mass is 10.1. The molecule has 3 N–H and O–H groups in total. The summed E-state index contributed by atoms with van der Waals surface area (Å²) in [4.78, 5) is 19.6. The van der Waals surface area contributed by atoms with Gasteiger partial charge in [0.15, 0.2) is 5.82 Å². The Kier molecular flexibility index (Phi) is 3.99. The molecule has 11 heteroatoms. The molecule has 0 spiro atoms. The SMILES string of the molecule is [2H]C([2H])([2H])C(O)(CNc1nc(Nc2ccnc(C)c2)nc(-c2cccc(C(F)(F)F)n2)n1)C([2H])([2H])[2H]. The molecule has 0 saturated heterocycles. The third-order valence-electron chi connectivity index (χ3n) is 3.56. The fraction of sp³-hybridized carbons (Fsp3) is 0.316. The first-order valence-electron chi connectivity index (χ1n) is 11.5. The van der Waals surface area contributed by atoms with Crippen molar-refractivity contribution in [3.05, 3.63) is 47.9 Å². The van der Waals surface area contributed by atoms with Gasteiger partial charge in [-0.05, 0) is 44.9 Å². The van der Waals surface area contributed by atoms with Crippen molar-refractivity contribution in [2.45, 2.75) is 32.4 Å². The van der Waals surface area contributed by atoms with Gasteiger partial charge in [0.1, 0.15) is 11.4 Å². The molecule has 30 heavy (non-hydrogen) atoms. The molecule has 0 bridgehead atoms.